The second-order valence-electron chi connectivity index (χ2n) is 3.69. The van der Waals surface area contributed by atoms with Gasteiger partial charge in [0, 0.05) is 10.5 Å². The third kappa shape index (κ3) is 3.28. The first kappa shape index (κ1) is 13.0. The summed E-state index contributed by atoms with van der Waals surface area (Å²) >= 11 is 7.42. The van der Waals surface area contributed by atoms with E-state index in [0.717, 1.165) is 4.90 Å². The fourth-order valence-corrected chi connectivity index (χ4v) is 2.57. The Kier molecular flexibility index (Phi) is 4.28. The summed E-state index contributed by atoms with van der Waals surface area (Å²) in [6.45, 7) is 0. The molecule has 0 aliphatic heterocycles. The van der Waals surface area contributed by atoms with Crippen molar-refractivity contribution >= 4 is 29.1 Å². The zero-order valence-corrected chi connectivity index (χ0v) is 11.0. The third-order valence-corrected chi connectivity index (χ3v) is 3.90. The Hall–Kier alpha value is -1.45. The van der Waals surface area contributed by atoms with Crippen molar-refractivity contribution in [2.24, 2.45) is 0 Å². The third-order valence-electron chi connectivity index (χ3n) is 2.38. The molecule has 0 fully saturated rings. The second kappa shape index (κ2) is 5.94. The topological polar surface area (TPSA) is 37.3 Å². The zero-order valence-electron chi connectivity index (χ0n) is 9.47. The molecule has 0 spiro atoms. The summed E-state index contributed by atoms with van der Waals surface area (Å²) in [6.07, 6.45) is 0. The molecule has 0 unspecified atom stereocenters. The van der Waals surface area contributed by atoms with Crippen LogP contribution in [0, 0.1) is 0 Å². The highest BCUT2D eigenvalue weighted by atomic mass is 35.5. The number of halogens is 1. The maximum atomic E-state index is 11.9. The van der Waals surface area contributed by atoms with Crippen LogP contribution in [0.4, 0.5) is 0 Å². The lowest BCUT2D eigenvalue weighted by Gasteiger charge is -2.03. The fraction of sp³-hybridized carbons (Fsp3) is 0.0714. The number of carbonyl (C=O) groups is 1. The van der Waals surface area contributed by atoms with Crippen LogP contribution >= 0.6 is 23.4 Å². The van der Waals surface area contributed by atoms with Crippen LogP contribution < -0.4 is 0 Å². The van der Waals surface area contributed by atoms with Crippen LogP contribution in [-0.2, 0) is 0 Å². The normalized spacial score (nSPS) is 10.3. The highest BCUT2D eigenvalue weighted by molar-refractivity contribution is 8.00. The largest absolute Gasteiger partial charge is 0.508 e. The molecular formula is C14H11ClO2S. The van der Waals surface area contributed by atoms with E-state index in [1.807, 2.05) is 18.2 Å². The lowest BCUT2D eigenvalue weighted by molar-refractivity contribution is 0.102. The molecule has 0 amide bonds. The number of thioether (sulfide) groups is 1. The van der Waals surface area contributed by atoms with Crippen molar-refractivity contribution in [3.8, 4) is 5.75 Å². The van der Waals surface area contributed by atoms with Crippen LogP contribution in [0.5, 0.6) is 5.75 Å². The smallest absolute Gasteiger partial charge is 0.173 e. The standard InChI is InChI=1S/C14H11ClO2S/c15-12-3-1-2-4-14(12)18-9-13(17)10-5-7-11(16)8-6-10/h1-8,16H,9H2. The van der Waals surface area contributed by atoms with Gasteiger partial charge in [0.1, 0.15) is 5.75 Å². The van der Waals surface area contributed by atoms with Crippen molar-refractivity contribution in [3.63, 3.8) is 0 Å². The summed E-state index contributed by atoms with van der Waals surface area (Å²) in [4.78, 5) is 12.8. The molecule has 0 saturated carbocycles. The van der Waals surface area contributed by atoms with Crippen LogP contribution in [0.25, 0.3) is 0 Å². The lowest BCUT2D eigenvalue weighted by Crippen LogP contribution is -2.01. The van der Waals surface area contributed by atoms with E-state index in [1.165, 1.54) is 23.9 Å². The molecule has 2 aromatic rings. The van der Waals surface area contributed by atoms with Gasteiger partial charge in [-0.25, -0.2) is 0 Å². The molecule has 0 atom stereocenters. The molecule has 92 valence electrons. The molecule has 4 heteroatoms. The van der Waals surface area contributed by atoms with Crippen LogP contribution in [0.1, 0.15) is 10.4 Å². The van der Waals surface area contributed by atoms with Crippen molar-refractivity contribution in [1.82, 2.24) is 0 Å². The number of phenols is 1. The predicted octanol–water partition coefficient (Wildman–Crippen LogP) is 4.02. The van der Waals surface area contributed by atoms with Crippen molar-refractivity contribution in [2.75, 3.05) is 5.75 Å². The molecule has 1 N–H and O–H groups in total. The molecule has 0 heterocycles. The van der Waals surface area contributed by atoms with Gasteiger partial charge >= 0.3 is 0 Å². The van der Waals surface area contributed by atoms with Crippen LogP contribution in [-0.4, -0.2) is 16.6 Å². The maximum Gasteiger partial charge on any atom is 0.173 e. The molecule has 2 nitrogen and oxygen atoms in total. The molecule has 0 aromatic heterocycles. The summed E-state index contributed by atoms with van der Waals surface area (Å²) in [5, 5.41) is 9.80. The van der Waals surface area contributed by atoms with Crippen LogP contribution in [0.3, 0.4) is 0 Å². The number of rotatable bonds is 4. The number of ketones is 1. The van der Waals surface area contributed by atoms with Crippen molar-refractivity contribution in [1.29, 1.82) is 0 Å². The Morgan fingerprint density at radius 3 is 2.44 bits per heavy atom. The second-order valence-corrected chi connectivity index (χ2v) is 5.11. The first-order valence-electron chi connectivity index (χ1n) is 5.36. The molecule has 0 radical (unpaired) electrons. The Morgan fingerprint density at radius 2 is 1.78 bits per heavy atom. The minimum Gasteiger partial charge on any atom is -0.508 e. The predicted molar refractivity (Wildman–Crippen MR) is 74.6 cm³/mol. The van der Waals surface area contributed by atoms with Gasteiger partial charge in [0.15, 0.2) is 5.78 Å². The van der Waals surface area contributed by atoms with E-state index in [0.29, 0.717) is 16.3 Å². The van der Waals surface area contributed by atoms with E-state index in [-0.39, 0.29) is 11.5 Å². The average Bonchev–Trinajstić information content (AvgIpc) is 2.38. The summed E-state index contributed by atoms with van der Waals surface area (Å²) < 4.78 is 0. The van der Waals surface area contributed by atoms with Gasteiger partial charge in [0.25, 0.3) is 0 Å². The molecular weight excluding hydrogens is 268 g/mol. The van der Waals surface area contributed by atoms with Crippen molar-refractivity contribution < 1.29 is 9.90 Å². The monoisotopic (exact) mass is 278 g/mol. The number of aromatic hydroxyl groups is 1. The average molecular weight is 279 g/mol. The zero-order chi connectivity index (χ0) is 13.0. The number of hydrogen-bond donors (Lipinski definition) is 1. The van der Waals surface area contributed by atoms with Gasteiger partial charge in [-0.1, -0.05) is 23.7 Å². The summed E-state index contributed by atoms with van der Waals surface area (Å²) in [5.41, 5.74) is 0.590. The van der Waals surface area contributed by atoms with Gasteiger partial charge in [-0.05, 0) is 36.4 Å². The Bertz CT molecular complexity index is 552. The summed E-state index contributed by atoms with van der Waals surface area (Å²) in [5.74, 6) is 0.499. The number of carbonyl (C=O) groups excluding carboxylic acids is 1. The Morgan fingerprint density at radius 1 is 1.11 bits per heavy atom. The van der Waals surface area contributed by atoms with E-state index >= 15 is 0 Å². The molecule has 0 saturated heterocycles. The van der Waals surface area contributed by atoms with Crippen LogP contribution in [0.15, 0.2) is 53.4 Å². The number of hydrogen-bond acceptors (Lipinski definition) is 3. The van der Waals surface area contributed by atoms with Gasteiger partial charge in [-0.15, -0.1) is 11.8 Å². The Labute approximate surface area is 115 Å². The first-order valence-corrected chi connectivity index (χ1v) is 6.73. The maximum absolute atomic E-state index is 11.9. The number of phenolic OH excluding ortho intramolecular Hbond substituents is 1. The van der Waals surface area contributed by atoms with E-state index < -0.39 is 0 Å². The molecule has 0 aliphatic rings. The molecule has 18 heavy (non-hydrogen) atoms. The van der Waals surface area contributed by atoms with E-state index in [1.54, 1.807) is 18.2 Å². The molecule has 0 bridgehead atoms. The quantitative estimate of drug-likeness (QED) is 0.678. The molecule has 2 rings (SSSR count). The Balaban J connectivity index is 2.01. The lowest BCUT2D eigenvalue weighted by atomic mass is 10.1. The van der Waals surface area contributed by atoms with Gasteiger partial charge < -0.3 is 5.11 Å². The van der Waals surface area contributed by atoms with E-state index in [4.69, 9.17) is 16.7 Å². The van der Waals surface area contributed by atoms with Gasteiger partial charge in [-0.3, -0.25) is 4.79 Å². The first-order chi connectivity index (χ1) is 8.66. The highest BCUT2D eigenvalue weighted by Crippen LogP contribution is 2.27. The minimum absolute atomic E-state index is 0.0138. The fourth-order valence-electron chi connectivity index (χ4n) is 1.44. The minimum atomic E-state index is 0.0138. The van der Waals surface area contributed by atoms with Crippen molar-refractivity contribution in [2.45, 2.75) is 4.90 Å². The summed E-state index contributed by atoms with van der Waals surface area (Å²) in [6, 6.07) is 13.7. The van der Waals surface area contributed by atoms with E-state index in [2.05, 4.69) is 0 Å². The SMILES string of the molecule is O=C(CSc1ccccc1Cl)c1ccc(O)cc1. The van der Waals surface area contributed by atoms with Gasteiger partial charge in [-0.2, -0.15) is 0 Å². The van der Waals surface area contributed by atoms with Crippen molar-refractivity contribution in [3.05, 3.63) is 59.1 Å². The van der Waals surface area contributed by atoms with E-state index in [9.17, 15) is 4.79 Å². The van der Waals surface area contributed by atoms with Gasteiger partial charge in [0.2, 0.25) is 0 Å². The number of benzene rings is 2. The highest BCUT2D eigenvalue weighted by Gasteiger charge is 2.08. The van der Waals surface area contributed by atoms with Gasteiger partial charge in [0.05, 0.1) is 10.8 Å². The van der Waals surface area contributed by atoms with Crippen LogP contribution in [0.2, 0.25) is 5.02 Å². The molecule has 2 aromatic carbocycles. The number of Topliss-reactive ketones (excluding diaryl/α,β-unsaturated/α-hetero) is 1. The summed E-state index contributed by atoms with van der Waals surface area (Å²) in [7, 11) is 0. The molecule has 0 aliphatic carbocycles.